The first-order valence-corrected chi connectivity index (χ1v) is 12.0. The van der Waals surface area contributed by atoms with Crippen molar-refractivity contribution in [3.63, 3.8) is 0 Å². The molecule has 3 aromatic rings. The lowest BCUT2D eigenvalue weighted by Gasteiger charge is -2.32. The fraction of sp³-hybridized carbons (Fsp3) is 0.423. The molecule has 34 heavy (non-hydrogen) atoms. The maximum atomic E-state index is 13.0. The molecule has 1 aromatic carbocycles. The van der Waals surface area contributed by atoms with E-state index in [1.54, 1.807) is 17.8 Å². The van der Waals surface area contributed by atoms with Crippen LogP contribution in [0.2, 0.25) is 0 Å². The maximum absolute atomic E-state index is 13.0. The van der Waals surface area contributed by atoms with Crippen LogP contribution in [0, 0.1) is 6.92 Å². The van der Waals surface area contributed by atoms with Crippen molar-refractivity contribution in [2.45, 2.75) is 38.5 Å². The van der Waals surface area contributed by atoms with Gasteiger partial charge in [-0.15, -0.1) is 0 Å². The monoisotopic (exact) mass is 461 g/mol. The van der Waals surface area contributed by atoms with Crippen molar-refractivity contribution in [2.24, 2.45) is 0 Å². The number of likely N-dealkylation sites (tertiary alicyclic amines) is 2. The van der Waals surface area contributed by atoms with E-state index < -0.39 is 0 Å². The topological polar surface area (TPSA) is 79.2 Å². The first-order valence-electron chi connectivity index (χ1n) is 12.0. The van der Waals surface area contributed by atoms with Gasteiger partial charge in [-0.25, -0.2) is 9.31 Å². The summed E-state index contributed by atoms with van der Waals surface area (Å²) in [5, 5.41) is 7.39. The molecule has 0 bridgehead atoms. The second-order valence-electron chi connectivity index (χ2n) is 9.24. The number of hydrogen-bond donors (Lipinski definition) is 1. The summed E-state index contributed by atoms with van der Waals surface area (Å²) in [5.41, 5.74) is 4.49. The summed E-state index contributed by atoms with van der Waals surface area (Å²) in [6.07, 6.45) is 7.51. The third-order valence-corrected chi connectivity index (χ3v) is 7.02. The molecular weight excluding hydrogens is 430 g/mol. The number of pyridine rings is 1. The number of benzene rings is 1. The number of fused-ring (bicyclic) bond motifs is 1. The molecule has 4 heterocycles. The summed E-state index contributed by atoms with van der Waals surface area (Å²) in [4.78, 5) is 29.6. The van der Waals surface area contributed by atoms with Crippen LogP contribution in [0.25, 0.3) is 5.52 Å². The fourth-order valence-electron chi connectivity index (χ4n) is 5.04. The van der Waals surface area contributed by atoms with Crippen LogP contribution in [-0.4, -0.2) is 64.6 Å². The van der Waals surface area contributed by atoms with Crippen molar-refractivity contribution in [2.75, 3.05) is 38.6 Å². The van der Waals surface area contributed by atoms with Crippen LogP contribution in [0.3, 0.4) is 0 Å². The molecule has 1 N–H and O–H groups in total. The van der Waals surface area contributed by atoms with E-state index >= 15 is 0 Å². The van der Waals surface area contributed by atoms with Crippen LogP contribution >= 0.6 is 0 Å². The van der Waals surface area contributed by atoms with Crippen molar-refractivity contribution in [1.82, 2.24) is 19.4 Å². The Morgan fingerprint density at radius 1 is 1.03 bits per heavy atom. The van der Waals surface area contributed by atoms with Gasteiger partial charge in [0.25, 0.3) is 5.91 Å². The van der Waals surface area contributed by atoms with Gasteiger partial charge in [0.05, 0.1) is 30.1 Å². The lowest BCUT2D eigenvalue weighted by atomic mass is 9.89. The molecule has 2 aliphatic heterocycles. The van der Waals surface area contributed by atoms with Crippen molar-refractivity contribution < 1.29 is 14.3 Å². The van der Waals surface area contributed by atoms with Crippen LogP contribution in [-0.2, 0) is 0 Å². The Labute approximate surface area is 199 Å². The first-order chi connectivity index (χ1) is 16.5. The molecular formula is C26H31N5O3. The number of rotatable bonds is 4. The molecule has 0 saturated carbocycles. The van der Waals surface area contributed by atoms with Crippen LogP contribution in [0.1, 0.15) is 53.1 Å². The predicted octanol–water partition coefficient (Wildman–Crippen LogP) is 4.30. The van der Waals surface area contributed by atoms with Gasteiger partial charge in [-0.3, -0.25) is 4.79 Å². The van der Waals surface area contributed by atoms with Gasteiger partial charge >= 0.3 is 6.03 Å². The van der Waals surface area contributed by atoms with Crippen LogP contribution in [0.4, 0.5) is 10.5 Å². The highest BCUT2D eigenvalue weighted by atomic mass is 16.5. The molecule has 0 atom stereocenters. The number of carbonyl (C=O) groups is 2. The molecule has 0 unspecified atom stereocenters. The normalized spacial score (nSPS) is 16.8. The molecule has 0 radical (unpaired) electrons. The Hall–Kier alpha value is -3.55. The molecule has 5 rings (SSSR count). The number of methoxy groups -OCH3 is 1. The van der Waals surface area contributed by atoms with Crippen molar-refractivity contribution in [1.29, 1.82) is 0 Å². The average molecular weight is 462 g/mol. The minimum Gasteiger partial charge on any atom is -0.495 e. The quantitative estimate of drug-likeness (QED) is 0.628. The van der Waals surface area contributed by atoms with E-state index in [1.807, 2.05) is 41.1 Å². The zero-order valence-electron chi connectivity index (χ0n) is 19.8. The minimum absolute atomic E-state index is 0.0720. The highest BCUT2D eigenvalue weighted by Crippen LogP contribution is 2.31. The third-order valence-electron chi connectivity index (χ3n) is 7.02. The molecule has 8 nitrogen and oxygen atoms in total. The lowest BCUT2D eigenvalue weighted by Crippen LogP contribution is -2.40. The van der Waals surface area contributed by atoms with E-state index in [4.69, 9.17) is 4.74 Å². The highest BCUT2D eigenvalue weighted by Gasteiger charge is 2.26. The number of aryl methyl sites for hydroxylation is 1. The summed E-state index contributed by atoms with van der Waals surface area (Å²) in [7, 11) is 1.60. The smallest absolute Gasteiger partial charge is 0.321 e. The number of amides is 3. The zero-order chi connectivity index (χ0) is 23.7. The second-order valence-corrected chi connectivity index (χ2v) is 9.24. The molecule has 8 heteroatoms. The second kappa shape index (κ2) is 9.37. The standard InChI is InChI=1S/C26H31N5O3/c1-18-5-6-24(34-2)22(15-18)28-26(33)30-12-7-19(8-13-30)20-9-14-31-23(16-20)21(17-27-31)25(32)29-10-3-4-11-29/h5-6,9,14-17,19H,3-4,7-8,10-13H2,1-2H3,(H,28,33). The molecule has 0 aliphatic carbocycles. The van der Waals surface area contributed by atoms with Crippen LogP contribution in [0.15, 0.2) is 42.7 Å². The van der Waals surface area contributed by atoms with Gasteiger partial charge in [-0.1, -0.05) is 6.07 Å². The Morgan fingerprint density at radius 3 is 2.53 bits per heavy atom. The molecule has 3 amide bonds. The van der Waals surface area contributed by atoms with E-state index in [2.05, 4.69) is 22.5 Å². The minimum atomic E-state index is -0.105. The zero-order valence-corrected chi connectivity index (χ0v) is 19.8. The Balaban J connectivity index is 1.26. The number of carbonyl (C=O) groups excluding carboxylic acids is 2. The van der Waals surface area contributed by atoms with E-state index in [9.17, 15) is 9.59 Å². The summed E-state index contributed by atoms with van der Waals surface area (Å²) in [6.45, 7) is 4.99. The van der Waals surface area contributed by atoms with Gasteiger partial charge < -0.3 is 19.9 Å². The number of aromatic nitrogens is 2. The predicted molar refractivity (Wildman–Crippen MR) is 131 cm³/mol. The number of ether oxygens (including phenoxy) is 1. The Kier molecular flexibility index (Phi) is 6.13. The number of anilines is 1. The first kappa shape index (κ1) is 22.3. The number of nitrogens with zero attached hydrogens (tertiary/aromatic N) is 4. The van der Waals surface area contributed by atoms with Gasteiger partial charge in [0, 0.05) is 32.4 Å². The number of nitrogens with one attached hydrogen (secondary N) is 1. The molecule has 2 saturated heterocycles. The van der Waals surface area contributed by atoms with E-state index in [0.717, 1.165) is 49.9 Å². The summed E-state index contributed by atoms with van der Waals surface area (Å²) in [6, 6.07) is 9.84. The van der Waals surface area contributed by atoms with Gasteiger partial charge in [0.1, 0.15) is 5.75 Å². The molecule has 0 spiro atoms. The van der Waals surface area contributed by atoms with Crippen molar-refractivity contribution in [3.8, 4) is 5.75 Å². The maximum Gasteiger partial charge on any atom is 0.321 e. The van der Waals surface area contributed by atoms with Crippen LogP contribution in [0.5, 0.6) is 5.75 Å². The fourth-order valence-corrected chi connectivity index (χ4v) is 5.04. The van der Waals surface area contributed by atoms with Crippen LogP contribution < -0.4 is 10.1 Å². The number of hydrogen-bond acceptors (Lipinski definition) is 4. The largest absolute Gasteiger partial charge is 0.495 e. The summed E-state index contributed by atoms with van der Waals surface area (Å²) in [5.74, 6) is 1.07. The molecule has 2 aliphatic rings. The Bertz CT molecular complexity index is 1210. The highest BCUT2D eigenvalue weighted by molar-refractivity contribution is 6.00. The summed E-state index contributed by atoms with van der Waals surface area (Å²) >= 11 is 0. The van der Waals surface area contributed by atoms with E-state index in [1.165, 1.54) is 5.56 Å². The molecule has 2 fully saturated rings. The average Bonchev–Trinajstić information content (AvgIpc) is 3.54. The molecule has 2 aromatic heterocycles. The molecule has 178 valence electrons. The SMILES string of the molecule is COc1ccc(C)cc1NC(=O)N1CCC(c2ccn3ncc(C(=O)N4CCCC4)c3c2)CC1. The van der Waals surface area contributed by atoms with Gasteiger partial charge in [0.2, 0.25) is 0 Å². The van der Waals surface area contributed by atoms with E-state index in [-0.39, 0.29) is 11.9 Å². The van der Waals surface area contributed by atoms with Crippen molar-refractivity contribution in [3.05, 3.63) is 59.4 Å². The number of urea groups is 1. The Morgan fingerprint density at radius 2 is 1.79 bits per heavy atom. The van der Waals surface area contributed by atoms with E-state index in [0.29, 0.717) is 36.0 Å². The van der Waals surface area contributed by atoms with Crippen molar-refractivity contribution >= 4 is 23.1 Å². The van der Waals surface area contributed by atoms with Gasteiger partial charge in [0.15, 0.2) is 0 Å². The lowest BCUT2D eigenvalue weighted by molar-refractivity contribution is 0.0794. The number of piperidine rings is 1. The van der Waals surface area contributed by atoms with Gasteiger partial charge in [-0.05, 0) is 73.9 Å². The van der Waals surface area contributed by atoms with Gasteiger partial charge in [-0.2, -0.15) is 5.10 Å². The summed E-state index contributed by atoms with van der Waals surface area (Å²) < 4.78 is 7.17. The third kappa shape index (κ3) is 4.32.